The Labute approximate surface area is 354 Å². The highest BCUT2D eigenvalue weighted by atomic mass is 16.5. The number of carbonyl (C=O) groups excluding carboxylic acids is 5. The summed E-state index contributed by atoms with van der Waals surface area (Å²) in [6, 6.07) is 6.41. The number of rotatable bonds is 26. The summed E-state index contributed by atoms with van der Waals surface area (Å²) in [5.74, 6) is -1.73. The van der Waals surface area contributed by atoms with Gasteiger partial charge in [0, 0.05) is 59.6 Å². The van der Waals surface area contributed by atoms with Crippen LogP contribution in [0.15, 0.2) is 42.5 Å². The molecule has 59 heavy (non-hydrogen) atoms. The molecule has 1 aliphatic heterocycles. The highest BCUT2D eigenvalue weighted by Gasteiger charge is 2.42. The molecule has 14 nitrogen and oxygen atoms in total. The predicted octanol–water partition coefficient (Wildman–Crippen LogP) is 3.82. The van der Waals surface area contributed by atoms with Crippen LogP contribution in [0, 0.1) is 17.8 Å². The number of methoxy groups -OCH3 is 2. The van der Waals surface area contributed by atoms with Gasteiger partial charge in [0.2, 0.25) is 29.5 Å². The second-order valence-corrected chi connectivity index (χ2v) is 16.7. The highest BCUT2D eigenvalue weighted by Crippen LogP contribution is 2.29. The second kappa shape index (κ2) is 25.7. The van der Waals surface area contributed by atoms with Crippen molar-refractivity contribution in [2.75, 3.05) is 61.7 Å². The number of carbonyl (C=O) groups is 5. The van der Waals surface area contributed by atoms with Crippen LogP contribution in [-0.2, 0) is 44.6 Å². The van der Waals surface area contributed by atoms with Crippen molar-refractivity contribution in [1.29, 1.82) is 0 Å². The quantitative estimate of drug-likeness (QED) is 0.0933. The third kappa shape index (κ3) is 15.0. The maximum Gasteiger partial charge on any atom is 0.249 e. The molecule has 0 saturated carbocycles. The van der Waals surface area contributed by atoms with E-state index in [2.05, 4.69) is 22.5 Å². The topological polar surface area (TPSA) is 159 Å². The first kappa shape index (κ1) is 51.3. The molecule has 0 spiro atoms. The molecule has 1 aromatic carbocycles. The molecule has 0 bridgehead atoms. The number of amides is 5. The van der Waals surface area contributed by atoms with Crippen molar-refractivity contribution >= 4 is 29.5 Å². The van der Waals surface area contributed by atoms with Crippen LogP contribution in [0.4, 0.5) is 0 Å². The lowest BCUT2D eigenvalue weighted by molar-refractivity contribution is -0.147. The molecule has 1 heterocycles. The Kier molecular flexibility index (Phi) is 22.3. The smallest absolute Gasteiger partial charge is 0.249 e. The van der Waals surface area contributed by atoms with Gasteiger partial charge in [0.05, 0.1) is 30.7 Å². The van der Waals surface area contributed by atoms with Crippen LogP contribution in [0.2, 0.25) is 0 Å². The van der Waals surface area contributed by atoms with E-state index in [1.165, 1.54) is 7.11 Å². The number of nitrogens with zero attached hydrogens (tertiary/aromatic N) is 3. The summed E-state index contributed by atoms with van der Waals surface area (Å²) in [4.78, 5) is 74.5. The highest BCUT2D eigenvalue weighted by molar-refractivity contribution is 5.97. The second-order valence-electron chi connectivity index (χ2n) is 16.7. The Balaban J connectivity index is 2.29. The van der Waals surface area contributed by atoms with Gasteiger partial charge in [-0.1, -0.05) is 84.9 Å². The zero-order valence-corrected chi connectivity index (χ0v) is 38.0. The summed E-state index contributed by atoms with van der Waals surface area (Å²) in [7, 11) is 8.45. The van der Waals surface area contributed by atoms with Crippen LogP contribution in [0.1, 0.15) is 86.1 Å². The van der Waals surface area contributed by atoms with Crippen LogP contribution < -0.4 is 16.0 Å². The van der Waals surface area contributed by atoms with Gasteiger partial charge in [0.25, 0.3) is 0 Å². The summed E-state index contributed by atoms with van der Waals surface area (Å²) >= 11 is 0. The van der Waals surface area contributed by atoms with Gasteiger partial charge < -0.3 is 40.0 Å². The maximum absolute atomic E-state index is 14.3. The standard InChI is InChI=1S/C45H76N6O8/c1-14-31(7)40(50(11)45(56)38(29(3)4)48-44(55)39(30(5)6)49(9)10)36(57-12)28-37(52)51-25-19-23-35(51)41(58-13)32(8)42(53)47-34(27-33-21-17-16-18-22-33)43(54)46-24-20-26-59-15-2/h16-18,21-22,29-31,34-36,38-41H,8,14-15,19-20,23-28H2,1-7,9-13H3,(H,46,54)(H,47,53)(H,48,55)/t31-,34-,35?,36+,38-,39-,40-,41+/m0/s1. The molecule has 1 saturated heterocycles. The van der Waals surface area contributed by atoms with Crippen molar-refractivity contribution in [3.63, 3.8) is 0 Å². The summed E-state index contributed by atoms with van der Waals surface area (Å²) in [6.07, 6.45) is 1.37. The molecular weight excluding hydrogens is 753 g/mol. The van der Waals surface area contributed by atoms with Crippen molar-refractivity contribution in [3.8, 4) is 0 Å². The molecule has 3 N–H and O–H groups in total. The molecule has 334 valence electrons. The molecule has 0 aliphatic carbocycles. The van der Waals surface area contributed by atoms with Gasteiger partial charge in [0.15, 0.2) is 0 Å². The van der Waals surface area contributed by atoms with Crippen molar-refractivity contribution < 1.29 is 38.2 Å². The first-order chi connectivity index (χ1) is 27.9. The van der Waals surface area contributed by atoms with Crippen LogP contribution in [0.5, 0.6) is 0 Å². The number of benzene rings is 1. The fourth-order valence-electron chi connectivity index (χ4n) is 8.17. The van der Waals surface area contributed by atoms with Gasteiger partial charge in [-0.05, 0) is 63.6 Å². The average Bonchev–Trinajstić information content (AvgIpc) is 3.68. The first-order valence-electron chi connectivity index (χ1n) is 21.4. The summed E-state index contributed by atoms with van der Waals surface area (Å²) < 4.78 is 17.3. The number of likely N-dealkylation sites (N-methyl/N-ethyl adjacent to an activating group) is 2. The SMILES string of the molecule is C=C(C(=O)N[C@@H](Cc1ccccc1)C(=O)NCCCOCC)[C@@H](OC)C1CCCN1C(=O)C[C@@H](OC)[C@H]([C@@H](C)CC)N(C)C(=O)[C@@H](NC(=O)[C@H](C(C)C)N(C)C)C(C)C. The van der Waals surface area contributed by atoms with Crippen molar-refractivity contribution in [2.45, 2.75) is 129 Å². The van der Waals surface area contributed by atoms with Gasteiger partial charge in [-0.2, -0.15) is 0 Å². The number of hydrogen-bond donors (Lipinski definition) is 3. The molecule has 5 amide bonds. The van der Waals surface area contributed by atoms with E-state index < -0.39 is 48.3 Å². The molecule has 14 heteroatoms. The molecule has 1 aromatic rings. The number of likely N-dealkylation sites (tertiary alicyclic amines) is 1. The lowest BCUT2D eigenvalue weighted by atomic mass is 9.89. The van der Waals surface area contributed by atoms with Crippen LogP contribution in [0.25, 0.3) is 0 Å². The Morgan fingerprint density at radius 1 is 0.915 bits per heavy atom. The summed E-state index contributed by atoms with van der Waals surface area (Å²) in [5, 5.41) is 8.84. The molecule has 2 rings (SSSR count). The van der Waals surface area contributed by atoms with E-state index in [0.29, 0.717) is 52.0 Å². The van der Waals surface area contributed by atoms with Crippen LogP contribution in [-0.4, -0.2) is 148 Å². The van der Waals surface area contributed by atoms with Crippen molar-refractivity contribution in [3.05, 3.63) is 48.0 Å². The predicted molar refractivity (Wildman–Crippen MR) is 231 cm³/mol. The third-order valence-corrected chi connectivity index (χ3v) is 11.5. The molecule has 1 fully saturated rings. The van der Waals surface area contributed by atoms with Crippen LogP contribution >= 0.6 is 0 Å². The number of nitrogens with one attached hydrogen (secondary N) is 3. The molecular formula is C45H76N6O8. The fourth-order valence-corrected chi connectivity index (χ4v) is 8.17. The molecule has 0 aromatic heterocycles. The zero-order chi connectivity index (χ0) is 44.4. The van der Waals surface area contributed by atoms with Gasteiger partial charge >= 0.3 is 0 Å². The molecule has 8 atom stereocenters. The first-order valence-corrected chi connectivity index (χ1v) is 21.4. The van der Waals surface area contributed by atoms with Crippen molar-refractivity contribution in [2.24, 2.45) is 17.8 Å². The monoisotopic (exact) mass is 829 g/mol. The zero-order valence-electron chi connectivity index (χ0n) is 38.0. The maximum atomic E-state index is 14.3. The minimum absolute atomic E-state index is 0.0217. The fraction of sp³-hybridized carbons (Fsp3) is 0.711. The van der Waals surface area contributed by atoms with E-state index in [1.54, 1.807) is 24.0 Å². The Bertz CT molecular complexity index is 1480. The van der Waals surface area contributed by atoms with E-state index in [-0.39, 0.29) is 59.8 Å². The Morgan fingerprint density at radius 2 is 1.58 bits per heavy atom. The van der Waals surface area contributed by atoms with Crippen molar-refractivity contribution in [1.82, 2.24) is 30.7 Å². The summed E-state index contributed by atoms with van der Waals surface area (Å²) in [6.45, 7) is 19.8. The lowest BCUT2D eigenvalue weighted by Gasteiger charge is -2.41. The molecule has 1 unspecified atom stereocenters. The molecule has 0 radical (unpaired) electrons. The average molecular weight is 829 g/mol. The minimum Gasteiger partial charge on any atom is -0.382 e. The van der Waals surface area contributed by atoms with E-state index in [0.717, 1.165) is 5.56 Å². The number of ether oxygens (including phenoxy) is 3. The van der Waals surface area contributed by atoms with Gasteiger partial charge in [0.1, 0.15) is 18.2 Å². The summed E-state index contributed by atoms with van der Waals surface area (Å²) in [5.41, 5.74) is 0.995. The van der Waals surface area contributed by atoms with E-state index in [1.807, 2.05) is 97.8 Å². The Morgan fingerprint density at radius 3 is 2.12 bits per heavy atom. The lowest BCUT2D eigenvalue weighted by Crippen LogP contribution is -2.59. The van der Waals surface area contributed by atoms with Crippen LogP contribution in [0.3, 0.4) is 0 Å². The molecule has 1 aliphatic rings. The Hall–Kier alpha value is -3.85. The van der Waals surface area contributed by atoms with Gasteiger partial charge in [-0.25, -0.2) is 0 Å². The third-order valence-electron chi connectivity index (χ3n) is 11.5. The van der Waals surface area contributed by atoms with E-state index in [9.17, 15) is 24.0 Å². The van der Waals surface area contributed by atoms with Gasteiger partial charge in [-0.3, -0.25) is 28.9 Å². The van der Waals surface area contributed by atoms with E-state index >= 15 is 0 Å². The van der Waals surface area contributed by atoms with Gasteiger partial charge in [-0.15, -0.1) is 0 Å². The minimum atomic E-state index is -0.875. The van der Waals surface area contributed by atoms with E-state index in [4.69, 9.17) is 14.2 Å². The largest absolute Gasteiger partial charge is 0.382 e. The number of hydrogen-bond acceptors (Lipinski definition) is 9. The normalized spacial score (nSPS) is 17.8.